The smallest absolute Gasteiger partial charge is 0.394 e. The molecule has 0 aromatic heterocycles. The van der Waals surface area contributed by atoms with Crippen LogP contribution in [0.2, 0.25) is 0 Å². The van der Waals surface area contributed by atoms with Crippen molar-refractivity contribution in [1.29, 1.82) is 0 Å². The minimum atomic E-state index is -4.60. The van der Waals surface area contributed by atoms with E-state index in [2.05, 4.69) is 10.6 Å². The van der Waals surface area contributed by atoms with Gasteiger partial charge in [0.25, 0.3) is 5.91 Å². The van der Waals surface area contributed by atoms with Crippen molar-refractivity contribution >= 4 is 39.3 Å². The first kappa shape index (κ1) is 35.4. The quantitative estimate of drug-likeness (QED) is 0.206. The van der Waals surface area contributed by atoms with Crippen molar-refractivity contribution in [2.75, 3.05) is 23.8 Å². The molecule has 0 aliphatic carbocycles. The van der Waals surface area contributed by atoms with Gasteiger partial charge in [0.2, 0.25) is 15.9 Å². The number of anilines is 1. The molecule has 1 aliphatic heterocycles. The molecule has 0 saturated heterocycles. The molecule has 2 atom stereocenters. The fourth-order valence-electron chi connectivity index (χ4n) is 4.94. The van der Waals surface area contributed by atoms with Crippen LogP contribution in [0.25, 0.3) is 11.1 Å². The highest BCUT2D eigenvalue weighted by molar-refractivity contribution is 7.99. The molecule has 248 valence electrons. The van der Waals surface area contributed by atoms with Crippen LogP contribution in [-0.2, 0) is 32.3 Å². The number of nitrogens with zero attached hydrogens (tertiary/aromatic N) is 1. The summed E-state index contributed by atoms with van der Waals surface area (Å²) < 4.78 is 64.9. The van der Waals surface area contributed by atoms with Crippen molar-refractivity contribution in [2.45, 2.75) is 60.5 Å². The lowest BCUT2D eigenvalue weighted by atomic mass is 9.99. The number of benzene rings is 3. The first-order valence-corrected chi connectivity index (χ1v) is 16.7. The summed E-state index contributed by atoms with van der Waals surface area (Å²) in [5, 5.41) is 29.8. The Hall–Kier alpha value is -3.47. The summed E-state index contributed by atoms with van der Waals surface area (Å²) >= 11 is 1.02. The van der Waals surface area contributed by atoms with E-state index in [-0.39, 0.29) is 40.7 Å². The number of β-amino-alcohol motifs (C(OH)–C–C–N with tert-alkyl or cyclic N) is 1. The third-order valence-corrected chi connectivity index (χ3v) is 9.42. The maximum atomic E-state index is 13.9. The SMILES string of the molecule is CC(C)(CC(=O)N[C@@H]1CSc2cc(C(F)(F)F)ccc2N(Cc2ccc(-c3ccccc3S(N)(=O)=O)cc2)C1=O)NC[C@H](O)CO. The molecule has 0 fully saturated rings. The number of alkyl halides is 3. The minimum absolute atomic E-state index is 0.0181. The minimum Gasteiger partial charge on any atom is -0.394 e. The summed E-state index contributed by atoms with van der Waals surface area (Å²) in [4.78, 5) is 28.5. The van der Waals surface area contributed by atoms with Crippen LogP contribution < -0.4 is 20.7 Å². The second-order valence-electron chi connectivity index (χ2n) is 11.6. The number of primary sulfonamides is 1. The van der Waals surface area contributed by atoms with Crippen LogP contribution in [0.15, 0.2) is 76.5 Å². The fourth-order valence-corrected chi connectivity index (χ4v) is 6.81. The van der Waals surface area contributed by atoms with Gasteiger partial charge >= 0.3 is 6.18 Å². The number of rotatable bonds is 11. The number of thioether (sulfide) groups is 1. The zero-order chi connectivity index (χ0) is 33.9. The van der Waals surface area contributed by atoms with Gasteiger partial charge < -0.3 is 25.7 Å². The van der Waals surface area contributed by atoms with Crippen molar-refractivity contribution in [1.82, 2.24) is 10.6 Å². The molecule has 6 N–H and O–H groups in total. The lowest BCUT2D eigenvalue weighted by Crippen LogP contribution is -2.52. The summed E-state index contributed by atoms with van der Waals surface area (Å²) in [6.45, 7) is 2.96. The second kappa shape index (κ2) is 14.1. The Morgan fingerprint density at radius 3 is 2.41 bits per heavy atom. The second-order valence-corrected chi connectivity index (χ2v) is 14.1. The van der Waals surface area contributed by atoms with Crippen LogP contribution in [0.1, 0.15) is 31.4 Å². The Balaban J connectivity index is 1.61. The van der Waals surface area contributed by atoms with Gasteiger partial charge in [-0.25, -0.2) is 13.6 Å². The molecule has 15 heteroatoms. The first-order valence-electron chi connectivity index (χ1n) is 14.2. The van der Waals surface area contributed by atoms with E-state index in [1.54, 1.807) is 56.3 Å². The van der Waals surface area contributed by atoms with E-state index in [4.69, 9.17) is 10.2 Å². The molecule has 0 radical (unpaired) electrons. The number of hydrogen-bond donors (Lipinski definition) is 5. The third kappa shape index (κ3) is 8.86. The molecule has 0 saturated carbocycles. The summed E-state index contributed by atoms with van der Waals surface area (Å²) in [5.74, 6) is -1.03. The number of halogens is 3. The van der Waals surface area contributed by atoms with Crippen LogP contribution in [0.4, 0.5) is 18.9 Å². The van der Waals surface area contributed by atoms with Gasteiger partial charge in [0, 0.05) is 34.7 Å². The van der Waals surface area contributed by atoms with E-state index in [0.717, 1.165) is 23.9 Å². The van der Waals surface area contributed by atoms with Crippen molar-refractivity contribution < 1.29 is 41.4 Å². The molecule has 46 heavy (non-hydrogen) atoms. The van der Waals surface area contributed by atoms with Crippen LogP contribution in [0.5, 0.6) is 0 Å². The van der Waals surface area contributed by atoms with Gasteiger partial charge in [-0.2, -0.15) is 13.2 Å². The standard InChI is InChI=1S/C31H35F3N4O6S2/c1-30(2,36-15-22(40)17-39)14-28(41)37-24-18-45-26-13-21(31(32,33)34)11-12-25(26)38(29(24)42)16-19-7-9-20(10-8-19)23-5-3-4-6-27(23)46(35,43)44/h3-13,22,24,36,39-40H,14-18H2,1-2H3,(H,37,41)(H2,35,43,44)/t22-,24+/m0/s1. The molecule has 1 heterocycles. The number of aliphatic hydroxyl groups excluding tert-OH is 2. The number of nitrogens with two attached hydrogens (primary N) is 1. The van der Waals surface area contributed by atoms with Crippen molar-refractivity contribution in [2.24, 2.45) is 5.14 Å². The van der Waals surface area contributed by atoms with E-state index < -0.39 is 57.9 Å². The fraction of sp³-hybridized carbons (Fsp3) is 0.355. The largest absolute Gasteiger partial charge is 0.416 e. The zero-order valence-electron chi connectivity index (χ0n) is 25.0. The van der Waals surface area contributed by atoms with E-state index in [0.29, 0.717) is 16.7 Å². The number of nitrogens with one attached hydrogen (secondary N) is 2. The lowest BCUT2D eigenvalue weighted by molar-refractivity contribution is -0.137. The van der Waals surface area contributed by atoms with Crippen LogP contribution in [0.3, 0.4) is 0 Å². The molecule has 10 nitrogen and oxygen atoms in total. The van der Waals surface area contributed by atoms with E-state index in [1.165, 1.54) is 17.0 Å². The van der Waals surface area contributed by atoms with Crippen molar-refractivity contribution in [3.05, 3.63) is 77.9 Å². The Morgan fingerprint density at radius 2 is 1.78 bits per heavy atom. The maximum Gasteiger partial charge on any atom is 0.416 e. The molecule has 3 aromatic carbocycles. The highest BCUT2D eigenvalue weighted by atomic mass is 32.2. The van der Waals surface area contributed by atoms with Gasteiger partial charge in [0.05, 0.1) is 35.4 Å². The van der Waals surface area contributed by atoms with E-state index in [1.807, 2.05) is 0 Å². The summed E-state index contributed by atoms with van der Waals surface area (Å²) in [6.07, 6.45) is -5.71. The molecule has 0 spiro atoms. The average Bonchev–Trinajstić information content (AvgIpc) is 3.11. The lowest BCUT2D eigenvalue weighted by Gasteiger charge is -2.29. The zero-order valence-corrected chi connectivity index (χ0v) is 26.7. The van der Waals surface area contributed by atoms with E-state index in [9.17, 15) is 36.3 Å². The Kier molecular flexibility index (Phi) is 10.9. The molecule has 0 bridgehead atoms. The van der Waals surface area contributed by atoms with E-state index >= 15 is 0 Å². The first-order chi connectivity index (χ1) is 21.5. The van der Waals surface area contributed by atoms with Crippen molar-refractivity contribution in [3.8, 4) is 11.1 Å². The van der Waals surface area contributed by atoms with Crippen LogP contribution >= 0.6 is 11.8 Å². The molecule has 3 aromatic rings. The Labute approximate surface area is 269 Å². The topological polar surface area (TPSA) is 162 Å². The molecule has 4 rings (SSSR count). The van der Waals surface area contributed by atoms with Gasteiger partial charge in [0.1, 0.15) is 6.04 Å². The Bertz CT molecular complexity index is 1680. The predicted octanol–water partition coefficient (Wildman–Crippen LogP) is 3.26. The van der Waals surface area contributed by atoms with Crippen LogP contribution in [-0.4, -0.2) is 67.0 Å². The number of fused-ring (bicyclic) bond motifs is 1. The average molecular weight is 681 g/mol. The predicted molar refractivity (Wildman–Crippen MR) is 168 cm³/mol. The molecule has 0 unspecified atom stereocenters. The maximum absolute atomic E-state index is 13.9. The molecular weight excluding hydrogens is 645 g/mol. The highest BCUT2D eigenvalue weighted by Gasteiger charge is 2.36. The van der Waals surface area contributed by atoms with Gasteiger partial charge in [0.15, 0.2) is 0 Å². The highest BCUT2D eigenvalue weighted by Crippen LogP contribution is 2.40. The van der Waals surface area contributed by atoms with Crippen molar-refractivity contribution in [3.63, 3.8) is 0 Å². The van der Waals surface area contributed by atoms with Gasteiger partial charge in [-0.05, 0) is 49.2 Å². The van der Waals surface area contributed by atoms with Gasteiger partial charge in [-0.3, -0.25) is 9.59 Å². The Morgan fingerprint density at radius 1 is 1.11 bits per heavy atom. The van der Waals surface area contributed by atoms with Crippen LogP contribution in [0, 0.1) is 0 Å². The number of sulfonamides is 1. The molecule has 1 aliphatic rings. The number of amides is 2. The van der Waals surface area contributed by atoms with Gasteiger partial charge in [-0.1, -0.05) is 42.5 Å². The molecule has 2 amide bonds. The number of carbonyl (C=O) groups is 2. The number of carbonyl (C=O) groups excluding carboxylic acids is 2. The monoisotopic (exact) mass is 680 g/mol. The molecular formula is C31H35F3N4O6S2. The number of aliphatic hydroxyl groups is 2. The summed E-state index contributed by atoms with van der Waals surface area (Å²) in [7, 11) is -4.00. The van der Waals surface area contributed by atoms with Gasteiger partial charge in [-0.15, -0.1) is 11.8 Å². The summed E-state index contributed by atoms with van der Waals surface area (Å²) in [6, 6.07) is 14.9. The normalized spacial score (nSPS) is 16.5. The number of hydrogen-bond acceptors (Lipinski definition) is 8. The third-order valence-electron chi connectivity index (χ3n) is 7.31. The summed E-state index contributed by atoms with van der Waals surface area (Å²) in [5.41, 5.74) is 0.104.